The summed E-state index contributed by atoms with van der Waals surface area (Å²) in [5.74, 6) is -1.30. The number of aromatic nitrogens is 2. The summed E-state index contributed by atoms with van der Waals surface area (Å²) in [4.78, 5) is 7.54. The van der Waals surface area contributed by atoms with Gasteiger partial charge in [0.15, 0.2) is 0 Å². The quantitative estimate of drug-likeness (QED) is 0.806. The number of nitrogens with zero attached hydrogens (tertiary/aromatic N) is 1. The highest BCUT2D eigenvalue weighted by atomic mass is 19.4. The maximum absolute atomic E-state index is 13.2. The molecule has 3 rings (SSSR count). The number of aryl methyl sites for hydroxylation is 1. The third-order valence-electron chi connectivity index (χ3n) is 4.27. The van der Waals surface area contributed by atoms with Gasteiger partial charge < -0.3 is 4.98 Å². The summed E-state index contributed by atoms with van der Waals surface area (Å²) in [5.41, 5.74) is 2.60. The number of H-pyrrole nitrogens is 1. The number of fused-ring (bicyclic) bond motifs is 1. The minimum Gasteiger partial charge on any atom is -0.342 e. The molecule has 108 valence electrons. The van der Waals surface area contributed by atoms with Crippen molar-refractivity contribution in [1.82, 2.24) is 9.97 Å². The summed E-state index contributed by atoms with van der Waals surface area (Å²) >= 11 is 0. The molecule has 1 fully saturated rings. The van der Waals surface area contributed by atoms with E-state index < -0.39 is 18.0 Å². The van der Waals surface area contributed by atoms with E-state index >= 15 is 0 Å². The first-order valence-electron chi connectivity index (χ1n) is 6.99. The molecule has 1 aliphatic rings. The first kappa shape index (κ1) is 13.5. The third-order valence-corrected chi connectivity index (χ3v) is 4.27. The molecule has 0 aliphatic heterocycles. The van der Waals surface area contributed by atoms with Crippen molar-refractivity contribution in [2.24, 2.45) is 5.92 Å². The Kier molecular flexibility index (Phi) is 3.22. The Bertz CT molecular complexity index is 615. The van der Waals surface area contributed by atoms with Crippen LogP contribution in [0.15, 0.2) is 18.2 Å². The molecule has 2 aromatic rings. The zero-order valence-electron chi connectivity index (χ0n) is 11.3. The SMILES string of the molecule is Cc1cccc2[nH]c(C3CCCCC3C(F)(F)F)nc12. The molecule has 20 heavy (non-hydrogen) atoms. The largest absolute Gasteiger partial charge is 0.392 e. The molecule has 1 aromatic carbocycles. The summed E-state index contributed by atoms with van der Waals surface area (Å²) in [6, 6.07) is 5.68. The predicted molar refractivity (Wildman–Crippen MR) is 71.6 cm³/mol. The van der Waals surface area contributed by atoms with Crippen molar-refractivity contribution in [3.8, 4) is 0 Å². The molecule has 0 bridgehead atoms. The number of benzene rings is 1. The summed E-state index contributed by atoms with van der Waals surface area (Å²) in [6.45, 7) is 1.93. The van der Waals surface area contributed by atoms with Crippen molar-refractivity contribution in [3.63, 3.8) is 0 Å². The minimum absolute atomic E-state index is 0.212. The molecular formula is C15H17F3N2. The Morgan fingerprint density at radius 3 is 2.65 bits per heavy atom. The number of halogens is 3. The van der Waals surface area contributed by atoms with Gasteiger partial charge in [-0.15, -0.1) is 0 Å². The van der Waals surface area contributed by atoms with Gasteiger partial charge in [0.05, 0.1) is 17.0 Å². The van der Waals surface area contributed by atoms with Crippen LogP contribution in [0.2, 0.25) is 0 Å². The van der Waals surface area contributed by atoms with Crippen LogP contribution in [0.4, 0.5) is 13.2 Å². The monoisotopic (exact) mass is 282 g/mol. The number of nitrogens with one attached hydrogen (secondary N) is 1. The lowest BCUT2D eigenvalue weighted by Crippen LogP contribution is -2.32. The molecule has 0 spiro atoms. The number of imidazole rings is 1. The predicted octanol–water partition coefficient (Wildman–Crippen LogP) is 4.71. The average molecular weight is 282 g/mol. The summed E-state index contributed by atoms with van der Waals surface area (Å²) in [7, 11) is 0. The van der Waals surface area contributed by atoms with E-state index in [9.17, 15) is 13.2 Å². The molecule has 1 aliphatic carbocycles. The summed E-state index contributed by atoms with van der Waals surface area (Å²) in [5, 5.41) is 0. The maximum Gasteiger partial charge on any atom is 0.392 e. The molecule has 2 atom stereocenters. The van der Waals surface area contributed by atoms with Crippen LogP contribution in [0.25, 0.3) is 11.0 Å². The maximum atomic E-state index is 13.2. The average Bonchev–Trinajstić information content (AvgIpc) is 2.83. The van der Waals surface area contributed by atoms with Gasteiger partial charge in [-0.05, 0) is 31.4 Å². The Labute approximate surface area is 115 Å². The van der Waals surface area contributed by atoms with Crippen LogP contribution in [0.5, 0.6) is 0 Å². The molecule has 0 radical (unpaired) electrons. The second kappa shape index (κ2) is 4.79. The molecule has 2 nitrogen and oxygen atoms in total. The second-order valence-corrected chi connectivity index (χ2v) is 5.63. The van der Waals surface area contributed by atoms with E-state index in [2.05, 4.69) is 9.97 Å². The van der Waals surface area contributed by atoms with E-state index in [1.165, 1.54) is 0 Å². The van der Waals surface area contributed by atoms with Crippen molar-refractivity contribution < 1.29 is 13.2 Å². The zero-order chi connectivity index (χ0) is 14.3. The van der Waals surface area contributed by atoms with Crippen LogP contribution in [0, 0.1) is 12.8 Å². The first-order chi connectivity index (χ1) is 9.47. The van der Waals surface area contributed by atoms with Gasteiger partial charge in [0.2, 0.25) is 0 Å². The van der Waals surface area contributed by atoms with Crippen LogP contribution in [-0.2, 0) is 0 Å². The van der Waals surface area contributed by atoms with Crippen molar-refractivity contribution in [3.05, 3.63) is 29.6 Å². The van der Waals surface area contributed by atoms with Gasteiger partial charge in [0, 0.05) is 5.92 Å². The molecule has 0 amide bonds. The topological polar surface area (TPSA) is 28.7 Å². The molecular weight excluding hydrogens is 265 g/mol. The number of hydrogen-bond acceptors (Lipinski definition) is 1. The van der Waals surface area contributed by atoms with E-state index in [0.717, 1.165) is 23.0 Å². The fraction of sp³-hybridized carbons (Fsp3) is 0.533. The van der Waals surface area contributed by atoms with Crippen LogP contribution < -0.4 is 0 Å². The summed E-state index contributed by atoms with van der Waals surface area (Å²) < 4.78 is 39.5. The van der Waals surface area contributed by atoms with Gasteiger partial charge in [-0.3, -0.25) is 0 Å². The normalized spacial score (nSPS) is 24.2. The Morgan fingerprint density at radius 1 is 1.20 bits per heavy atom. The lowest BCUT2D eigenvalue weighted by Gasteiger charge is -2.31. The van der Waals surface area contributed by atoms with E-state index in [-0.39, 0.29) is 6.42 Å². The zero-order valence-corrected chi connectivity index (χ0v) is 11.3. The number of para-hydroxylation sites is 1. The van der Waals surface area contributed by atoms with Crippen molar-refractivity contribution in [2.45, 2.75) is 44.7 Å². The molecule has 1 saturated carbocycles. The standard InChI is InChI=1S/C15H17F3N2/c1-9-5-4-8-12-13(9)20-14(19-12)10-6-2-3-7-11(10)15(16,17)18/h4-5,8,10-11H,2-3,6-7H2,1H3,(H,19,20). The smallest absolute Gasteiger partial charge is 0.342 e. The van der Waals surface area contributed by atoms with Crippen molar-refractivity contribution in [2.75, 3.05) is 0 Å². The molecule has 0 saturated heterocycles. The van der Waals surface area contributed by atoms with Crippen LogP contribution in [0.1, 0.15) is 43.0 Å². The number of hydrogen-bond donors (Lipinski definition) is 1. The summed E-state index contributed by atoms with van der Waals surface area (Å²) in [6.07, 6.45) is -1.88. The minimum atomic E-state index is -4.14. The Hall–Kier alpha value is -1.52. The number of alkyl halides is 3. The lowest BCUT2D eigenvalue weighted by atomic mass is 9.78. The Morgan fingerprint density at radius 2 is 1.95 bits per heavy atom. The van der Waals surface area contributed by atoms with E-state index in [1.807, 2.05) is 25.1 Å². The molecule has 2 unspecified atom stereocenters. The highest BCUT2D eigenvalue weighted by Crippen LogP contribution is 2.45. The molecule has 5 heteroatoms. The second-order valence-electron chi connectivity index (χ2n) is 5.63. The number of rotatable bonds is 1. The Balaban J connectivity index is 2.02. The van der Waals surface area contributed by atoms with E-state index in [1.54, 1.807) is 0 Å². The highest BCUT2D eigenvalue weighted by Gasteiger charge is 2.46. The fourth-order valence-electron chi connectivity index (χ4n) is 3.22. The van der Waals surface area contributed by atoms with E-state index in [4.69, 9.17) is 0 Å². The number of aromatic amines is 1. The van der Waals surface area contributed by atoms with Gasteiger partial charge in [-0.25, -0.2) is 4.98 Å². The highest BCUT2D eigenvalue weighted by molar-refractivity contribution is 5.78. The van der Waals surface area contributed by atoms with Crippen molar-refractivity contribution >= 4 is 11.0 Å². The fourth-order valence-corrected chi connectivity index (χ4v) is 3.22. The molecule has 1 heterocycles. The molecule has 1 aromatic heterocycles. The van der Waals surface area contributed by atoms with Crippen LogP contribution in [0.3, 0.4) is 0 Å². The van der Waals surface area contributed by atoms with Gasteiger partial charge in [0.1, 0.15) is 5.82 Å². The van der Waals surface area contributed by atoms with E-state index in [0.29, 0.717) is 18.7 Å². The lowest BCUT2D eigenvalue weighted by molar-refractivity contribution is -0.187. The van der Waals surface area contributed by atoms with Crippen LogP contribution in [-0.4, -0.2) is 16.1 Å². The van der Waals surface area contributed by atoms with Crippen LogP contribution >= 0.6 is 0 Å². The third kappa shape index (κ3) is 2.30. The van der Waals surface area contributed by atoms with Gasteiger partial charge in [-0.2, -0.15) is 13.2 Å². The van der Waals surface area contributed by atoms with Gasteiger partial charge >= 0.3 is 6.18 Å². The first-order valence-corrected chi connectivity index (χ1v) is 6.99. The van der Waals surface area contributed by atoms with Gasteiger partial charge in [0.25, 0.3) is 0 Å². The van der Waals surface area contributed by atoms with Gasteiger partial charge in [-0.1, -0.05) is 25.0 Å². The van der Waals surface area contributed by atoms with Crippen molar-refractivity contribution in [1.29, 1.82) is 0 Å². The molecule has 1 N–H and O–H groups in total.